The SMILES string of the molecule is CCCn1nnnc1NC(=O)c1cc2ccccc2cc1OC. The highest BCUT2D eigenvalue weighted by molar-refractivity contribution is 6.08. The number of aromatic nitrogens is 4. The highest BCUT2D eigenvalue weighted by Gasteiger charge is 2.16. The number of ether oxygens (including phenoxy) is 1. The van der Waals surface area contributed by atoms with Crippen LogP contribution in [-0.4, -0.2) is 33.2 Å². The summed E-state index contributed by atoms with van der Waals surface area (Å²) in [6, 6.07) is 11.4. The van der Waals surface area contributed by atoms with Crippen LogP contribution in [0.1, 0.15) is 23.7 Å². The van der Waals surface area contributed by atoms with Crippen molar-refractivity contribution in [2.75, 3.05) is 12.4 Å². The summed E-state index contributed by atoms with van der Waals surface area (Å²) in [7, 11) is 1.54. The van der Waals surface area contributed by atoms with Crippen LogP contribution in [0.15, 0.2) is 36.4 Å². The summed E-state index contributed by atoms with van der Waals surface area (Å²) >= 11 is 0. The molecule has 118 valence electrons. The third-order valence-corrected chi connectivity index (χ3v) is 3.51. The van der Waals surface area contributed by atoms with Crippen molar-refractivity contribution in [2.45, 2.75) is 19.9 Å². The summed E-state index contributed by atoms with van der Waals surface area (Å²) < 4.78 is 6.91. The van der Waals surface area contributed by atoms with Gasteiger partial charge in [0.15, 0.2) is 0 Å². The van der Waals surface area contributed by atoms with Gasteiger partial charge in [-0.15, -0.1) is 0 Å². The molecule has 2 aromatic carbocycles. The molecule has 0 atom stereocenters. The Kier molecular flexibility index (Phi) is 4.18. The number of anilines is 1. The molecule has 1 aromatic heterocycles. The number of nitrogens with one attached hydrogen (secondary N) is 1. The van der Waals surface area contributed by atoms with Crippen LogP contribution >= 0.6 is 0 Å². The van der Waals surface area contributed by atoms with E-state index in [1.165, 1.54) is 0 Å². The van der Waals surface area contributed by atoms with Crippen molar-refractivity contribution in [3.63, 3.8) is 0 Å². The highest BCUT2D eigenvalue weighted by Crippen LogP contribution is 2.26. The number of carbonyl (C=O) groups is 1. The molecule has 0 radical (unpaired) electrons. The first kappa shape index (κ1) is 15.0. The Morgan fingerprint density at radius 3 is 2.70 bits per heavy atom. The van der Waals surface area contributed by atoms with E-state index in [0.29, 0.717) is 23.8 Å². The number of aryl methyl sites for hydroxylation is 1. The second-order valence-electron chi connectivity index (χ2n) is 5.08. The maximum atomic E-state index is 12.6. The van der Waals surface area contributed by atoms with Gasteiger partial charge in [0.2, 0.25) is 5.95 Å². The van der Waals surface area contributed by atoms with Gasteiger partial charge in [-0.3, -0.25) is 10.1 Å². The van der Waals surface area contributed by atoms with Gasteiger partial charge in [-0.2, -0.15) is 0 Å². The van der Waals surface area contributed by atoms with Crippen molar-refractivity contribution >= 4 is 22.6 Å². The normalized spacial score (nSPS) is 10.7. The molecule has 0 bridgehead atoms. The third kappa shape index (κ3) is 2.98. The van der Waals surface area contributed by atoms with Crippen LogP contribution in [0.25, 0.3) is 10.8 Å². The van der Waals surface area contributed by atoms with Crippen LogP contribution in [-0.2, 0) is 6.54 Å². The third-order valence-electron chi connectivity index (χ3n) is 3.51. The molecule has 0 fully saturated rings. The van der Waals surface area contributed by atoms with Crippen molar-refractivity contribution < 1.29 is 9.53 Å². The Morgan fingerprint density at radius 2 is 2.00 bits per heavy atom. The van der Waals surface area contributed by atoms with Gasteiger partial charge in [0, 0.05) is 6.54 Å². The molecule has 3 aromatic rings. The Labute approximate surface area is 133 Å². The van der Waals surface area contributed by atoms with Crippen LogP contribution in [0, 0.1) is 0 Å². The van der Waals surface area contributed by atoms with Gasteiger partial charge >= 0.3 is 0 Å². The number of benzene rings is 2. The van der Waals surface area contributed by atoms with Gasteiger partial charge in [0.05, 0.1) is 12.7 Å². The summed E-state index contributed by atoms with van der Waals surface area (Å²) in [6.45, 7) is 2.65. The molecule has 0 aliphatic heterocycles. The van der Waals surface area contributed by atoms with Gasteiger partial charge in [0.25, 0.3) is 5.91 Å². The van der Waals surface area contributed by atoms with E-state index < -0.39 is 0 Å². The number of amides is 1. The summed E-state index contributed by atoms with van der Waals surface area (Å²) in [5.74, 6) is 0.530. The number of tetrazole rings is 1. The van der Waals surface area contributed by atoms with E-state index in [9.17, 15) is 4.79 Å². The summed E-state index contributed by atoms with van der Waals surface area (Å²) in [5, 5.41) is 16.0. The zero-order valence-electron chi connectivity index (χ0n) is 13.0. The predicted octanol–water partition coefficient (Wildman–Crippen LogP) is 2.50. The molecule has 0 saturated heterocycles. The molecule has 7 nitrogen and oxygen atoms in total. The lowest BCUT2D eigenvalue weighted by Gasteiger charge is -2.10. The van der Waals surface area contributed by atoms with Crippen molar-refractivity contribution in [3.05, 3.63) is 42.0 Å². The van der Waals surface area contributed by atoms with Gasteiger partial charge in [-0.05, 0) is 39.8 Å². The van der Waals surface area contributed by atoms with Crippen molar-refractivity contribution in [2.24, 2.45) is 0 Å². The van der Waals surface area contributed by atoms with Crippen LogP contribution < -0.4 is 10.1 Å². The first-order chi connectivity index (χ1) is 11.2. The first-order valence-electron chi connectivity index (χ1n) is 7.37. The lowest BCUT2D eigenvalue weighted by atomic mass is 10.1. The van der Waals surface area contributed by atoms with Gasteiger partial charge in [-0.1, -0.05) is 36.3 Å². The first-order valence-corrected chi connectivity index (χ1v) is 7.37. The number of fused-ring (bicyclic) bond motifs is 1. The molecule has 23 heavy (non-hydrogen) atoms. The number of methoxy groups -OCH3 is 1. The number of hydrogen-bond acceptors (Lipinski definition) is 5. The molecular weight excluding hydrogens is 294 g/mol. The van der Waals surface area contributed by atoms with Crippen LogP contribution in [0.2, 0.25) is 0 Å². The molecule has 0 spiro atoms. The van der Waals surface area contributed by atoms with Crippen molar-refractivity contribution in [1.82, 2.24) is 20.2 Å². The van der Waals surface area contributed by atoms with Crippen molar-refractivity contribution in [1.29, 1.82) is 0 Å². The number of rotatable bonds is 5. The molecule has 0 aliphatic carbocycles. The minimum absolute atomic E-state index is 0.306. The molecule has 3 rings (SSSR count). The fourth-order valence-corrected chi connectivity index (χ4v) is 2.39. The van der Waals surface area contributed by atoms with E-state index in [1.54, 1.807) is 17.9 Å². The van der Waals surface area contributed by atoms with Crippen molar-refractivity contribution in [3.8, 4) is 5.75 Å². The summed E-state index contributed by atoms with van der Waals surface area (Å²) in [5.41, 5.74) is 0.442. The number of carbonyl (C=O) groups excluding carboxylic acids is 1. The van der Waals surface area contributed by atoms with E-state index >= 15 is 0 Å². The zero-order valence-corrected chi connectivity index (χ0v) is 13.0. The Hall–Kier alpha value is -2.96. The Morgan fingerprint density at radius 1 is 1.26 bits per heavy atom. The molecule has 1 amide bonds. The monoisotopic (exact) mass is 311 g/mol. The molecule has 1 heterocycles. The van der Waals surface area contributed by atoms with E-state index in [-0.39, 0.29) is 5.91 Å². The standard InChI is InChI=1S/C16H17N5O2/c1-3-8-21-16(18-19-20-21)17-15(22)13-9-11-6-4-5-7-12(11)10-14(13)23-2/h4-7,9-10H,3,8H2,1-2H3,(H,17,18,20,22). The zero-order chi connectivity index (χ0) is 16.2. The summed E-state index contributed by atoms with van der Waals surface area (Å²) in [6.07, 6.45) is 0.868. The maximum absolute atomic E-state index is 12.6. The van der Waals surface area contributed by atoms with E-state index in [2.05, 4.69) is 20.8 Å². The number of nitrogens with zero attached hydrogens (tertiary/aromatic N) is 4. The Bertz CT molecular complexity index is 843. The fourth-order valence-electron chi connectivity index (χ4n) is 2.39. The van der Waals surface area contributed by atoms with E-state index in [0.717, 1.165) is 17.2 Å². The minimum atomic E-state index is -0.306. The molecule has 7 heteroatoms. The molecule has 1 N–H and O–H groups in total. The van der Waals surface area contributed by atoms with Gasteiger partial charge in [-0.25, -0.2) is 4.68 Å². The average Bonchev–Trinajstić information content (AvgIpc) is 3.00. The molecular formula is C16H17N5O2. The molecule has 0 aliphatic rings. The Balaban J connectivity index is 1.95. The van der Waals surface area contributed by atoms with E-state index in [4.69, 9.17) is 4.74 Å². The highest BCUT2D eigenvalue weighted by atomic mass is 16.5. The second kappa shape index (κ2) is 6.43. The minimum Gasteiger partial charge on any atom is -0.496 e. The smallest absolute Gasteiger partial charge is 0.261 e. The van der Waals surface area contributed by atoms with Crippen LogP contribution in [0.3, 0.4) is 0 Å². The van der Waals surface area contributed by atoms with Crippen LogP contribution in [0.5, 0.6) is 5.75 Å². The average molecular weight is 311 g/mol. The van der Waals surface area contributed by atoms with Crippen LogP contribution in [0.4, 0.5) is 5.95 Å². The maximum Gasteiger partial charge on any atom is 0.261 e. The molecule has 0 saturated carbocycles. The lowest BCUT2D eigenvalue weighted by molar-refractivity contribution is 0.102. The summed E-state index contributed by atoms with van der Waals surface area (Å²) in [4.78, 5) is 12.6. The topological polar surface area (TPSA) is 81.9 Å². The van der Waals surface area contributed by atoms with Gasteiger partial charge < -0.3 is 4.74 Å². The molecule has 0 unspecified atom stereocenters. The number of hydrogen-bond donors (Lipinski definition) is 1. The second-order valence-corrected chi connectivity index (χ2v) is 5.08. The largest absolute Gasteiger partial charge is 0.496 e. The fraction of sp³-hybridized carbons (Fsp3) is 0.250. The predicted molar refractivity (Wildman–Crippen MR) is 86.6 cm³/mol. The van der Waals surface area contributed by atoms with E-state index in [1.807, 2.05) is 37.3 Å². The lowest BCUT2D eigenvalue weighted by Crippen LogP contribution is -2.17. The quantitative estimate of drug-likeness (QED) is 0.783. The van der Waals surface area contributed by atoms with Gasteiger partial charge in [0.1, 0.15) is 5.75 Å².